The predicted molar refractivity (Wildman–Crippen MR) is 93.4 cm³/mol. The first kappa shape index (κ1) is 15.7. The summed E-state index contributed by atoms with van der Waals surface area (Å²) in [4.78, 5) is 11.9. The highest BCUT2D eigenvalue weighted by molar-refractivity contribution is 6.02. The van der Waals surface area contributed by atoms with Crippen LogP contribution in [0, 0.1) is 0 Å². The van der Waals surface area contributed by atoms with Gasteiger partial charge in [0.1, 0.15) is 5.75 Å². The molecule has 0 aliphatic heterocycles. The highest BCUT2D eigenvalue weighted by Gasteiger charge is 2.08. The van der Waals surface area contributed by atoms with Crippen LogP contribution >= 0.6 is 0 Å². The van der Waals surface area contributed by atoms with Gasteiger partial charge in [-0.1, -0.05) is 12.1 Å². The van der Waals surface area contributed by atoms with Crippen molar-refractivity contribution in [3.8, 4) is 5.75 Å². The van der Waals surface area contributed by atoms with Crippen LogP contribution in [0.2, 0.25) is 0 Å². The van der Waals surface area contributed by atoms with E-state index in [4.69, 9.17) is 9.15 Å². The Balaban J connectivity index is 1.55. The van der Waals surface area contributed by atoms with Gasteiger partial charge in [0, 0.05) is 17.9 Å². The molecule has 2 N–H and O–H groups in total. The maximum atomic E-state index is 11.9. The minimum Gasteiger partial charge on any atom is -0.497 e. The van der Waals surface area contributed by atoms with Crippen molar-refractivity contribution in [1.29, 1.82) is 0 Å². The maximum Gasteiger partial charge on any atom is 0.291 e. The van der Waals surface area contributed by atoms with E-state index in [0.717, 1.165) is 17.0 Å². The Labute approximate surface area is 140 Å². The van der Waals surface area contributed by atoms with E-state index in [1.54, 1.807) is 19.2 Å². The summed E-state index contributed by atoms with van der Waals surface area (Å²) >= 11 is 0. The van der Waals surface area contributed by atoms with E-state index in [9.17, 15) is 4.79 Å². The fourth-order valence-electron chi connectivity index (χ4n) is 2.22. The number of anilines is 2. The van der Waals surface area contributed by atoms with Crippen molar-refractivity contribution >= 4 is 17.3 Å². The molecule has 24 heavy (non-hydrogen) atoms. The summed E-state index contributed by atoms with van der Waals surface area (Å²) in [5.41, 5.74) is 2.85. The third-order valence-corrected chi connectivity index (χ3v) is 3.54. The second-order valence-corrected chi connectivity index (χ2v) is 5.21. The third kappa shape index (κ3) is 3.95. The number of rotatable bonds is 6. The van der Waals surface area contributed by atoms with E-state index in [2.05, 4.69) is 10.6 Å². The van der Waals surface area contributed by atoms with Crippen molar-refractivity contribution in [2.45, 2.75) is 6.54 Å². The van der Waals surface area contributed by atoms with E-state index in [0.29, 0.717) is 12.2 Å². The Kier molecular flexibility index (Phi) is 4.81. The second-order valence-electron chi connectivity index (χ2n) is 5.21. The predicted octanol–water partition coefficient (Wildman–Crippen LogP) is 4.15. The highest BCUT2D eigenvalue weighted by atomic mass is 16.5. The molecular formula is C19H18N2O3. The zero-order valence-corrected chi connectivity index (χ0v) is 13.3. The number of carbonyl (C=O) groups is 1. The van der Waals surface area contributed by atoms with Crippen molar-refractivity contribution in [2.75, 3.05) is 17.7 Å². The summed E-state index contributed by atoms with van der Waals surface area (Å²) in [6.07, 6.45) is 1.47. The van der Waals surface area contributed by atoms with E-state index >= 15 is 0 Å². The maximum absolute atomic E-state index is 11.9. The summed E-state index contributed by atoms with van der Waals surface area (Å²) in [5.74, 6) is 0.867. The molecule has 0 atom stereocenters. The van der Waals surface area contributed by atoms with Crippen molar-refractivity contribution in [1.82, 2.24) is 0 Å². The summed E-state index contributed by atoms with van der Waals surface area (Å²) < 4.78 is 10.2. The van der Waals surface area contributed by atoms with Crippen LogP contribution in [-0.4, -0.2) is 13.0 Å². The number of amides is 1. The molecule has 1 aromatic heterocycles. The van der Waals surface area contributed by atoms with Gasteiger partial charge in [0.15, 0.2) is 5.76 Å². The number of methoxy groups -OCH3 is 1. The molecule has 3 rings (SSSR count). The van der Waals surface area contributed by atoms with Gasteiger partial charge in [-0.3, -0.25) is 4.79 Å². The van der Waals surface area contributed by atoms with Crippen molar-refractivity contribution in [3.63, 3.8) is 0 Å². The van der Waals surface area contributed by atoms with Crippen LogP contribution in [0.4, 0.5) is 11.4 Å². The fourth-order valence-corrected chi connectivity index (χ4v) is 2.22. The molecule has 0 radical (unpaired) electrons. The minimum atomic E-state index is -0.265. The fraction of sp³-hybridized carbons (Fsp3) is 0.105. The third-order valence-electron chi connectivity index (χ3n) is 3.54. The Bertz CT molecular complexity index is 778. The molecule has 0 unspecified atom stereocenters. The van der Waals surface area contributed by atoms with Crippen LogP contribution in [0.15, 0.2) is 71.3 Å². The van der Waals surface area contributed by atoms with Gasteiger partial charge >= 0.3 is 0 Å². The van der Waals surface area contributed by atoms with Gasteiger partial charge in [-0.2, -0.15) is 0 Å². The molecule has 0 fully saturated rings. The summed E-state index contributed by atoms with van der Waals surface area (Å²) in [5, 5.41) is 6.12. The molecule has 0 saturated carbocycles. The largest absolute Gasteiger partial charge is 0.497 e. The lowest BCUT2D eigenvalue weighted by Crippen LogP contribution is -2.10. The van der Waals surface area contributed by atoms with Crippen LogP contribution in [0.3, 0.4) is 0 Å². The monoisotopic (exact) mass is 322 g/mol. The normalized spacial score (nSPS) is 10.2. The number of ether oxygens (including phenoxy) is 1. The molecule has 1 amide bonds. The SMILES string of the molecule is COc1ccc(CNc2ccc(NC(=O)c3ccco3)cc2)cc1. The number of hydrogen-bond donors (Lipinski definition) is 2. The first-order valence-corrected chi connectivity index (χ1v) is 7.56. The van der Waals surface area contributed by atoms with Gasteiger partial charge in [0.05, 0.1) is 13.4 Å². The van der Waals surface area contributed by atoms with E-state index in [-0.39, 0.29) is 11.7 Å². The van der Waals surface area contributed by atoms with Crippen molar-refractivity contribution in [3.05, 3.63) is 78.3 Å². The zero-order valence-electron chi connectivity index (χ0n) is 13.3. The molecular weight excluding hydrogens is 304 g/mol. The van der Waals surface area contributed by atoms with E-state index in [1.165, 1.54) is 6.26 Å². The van der Waals surface area contributed by atoms with Crippen LogP contribution in [0.5, 0.6) is 5.75 Å². The van der Waals surface area contributed by atoms with Crippen molar-refractivity contribution < 1.29 is 13.9 Å². The van der Waals surface area contributed by atoms with Gasteiger partial charge in [-0.05, 0) is 54.1 Å². The summed E-state index contributed by atoms with van der Waals surface area (Å²) in [7, 11) is 1.65. The number of benzene rings is 2. The Hall–Kier alpha value is -3.21. The summed E-state index contributed by atoms with van der Waals surface area (Å²) in [6.45, 7) is 0.710. The van der Waals surface area contributed by atoms with E-state index < -0.39 is 0 Å². The topological polar surface area (TPSA) is 63.5 Å². The highest BCUT2D eigenvalue weighted by Crippen LogP contribution is 2.17. The molecule has 1 heterocycles. The van der Waals surface area contributed by atoms with Crippen molar-refractivity contribution in [2.24, 2.45) is 0 Å². The van der Waals surface area contributed by atoms with Gasteiger partial charge in [0.25, 0.3) is 5.91 Å². The number of carbonyl (C=O) groups excluding carboxylic acids is 1. The van der Waals surface area contributed by atoms with Gasteiger partial charge in [0.2, 0.25) is 0 Å². The average molecular weight is 322 g/mol. The molecule has 0 spiro atoms. The Morgan fingerprint density at radius 1 is 1.00 bits per heavy atom. The molecule has 0 aliphatic carbocycles. The number of hydrogen-bond acceptors (Lipinski definition) is 4. The molecule has 122 valence electrons. The molecule has 0 bridgehead atoms. The van der Waals surface area contributed by atoms with Crippen LogP contribution in [0.25, 0.3) is 0 Å². The first-order chi connectivity index (χ1) is 11.7. The minimum absolute atomic E-state index is 0.265. The lowest BCUT2D eigenvalue weighted by Gasteiger charge is -2.09. The number of furan rings is 1. The first-order valence-electron chi connectivity index (χ1n) is 7.56. The summed E-state index contributed by atoms with van der Waals surface area (Å²) in [6, 6.07) is 18.7. The van der Waals surface area contributed by atoms with Crippen LogP contribution < -0.4 is 15.4 Å². The standard InChI is InChI=1S/C19H18N2O3/c1-23-17-10-4-14(5-11-17)13-20-15-6-8-16(9-7-15)21-19(22)18-3-2-12-24-18/h2-12,20H,13H2,1H3,(H,21,22). The molecule has 0 aliphatic rings. The van der Waals surface area contributed by atoms with Gasteiger partial charge in [-0.25, -0.2) is 0 Å². The molecule has 0 saturated heterocycles. The second kappa shape index (κ2) is 7.37. The van der Waals surface area contributed by atoms with Crippen LogP contribution in [0.1, 0.15) is 16.1 Å². The molecule has 3 aromatic rings. The lowest BCUT2D eigenvalue weighted by atomic mass is 10.2. The van der Waals surface area contributed by atoms with Gasteiger partial charge in [-0.15, -0.1) is 0 Å². The number of nitrogens with one attached hydrogen (secondary N) is 2. The van der Waals surface area contributed by atoms with Gasteiger partial charge < -0.3 is 19.8 Å². The Morgan fingerprint density at radius 2 is 1.71 bits per heavy atom. The zero-order chi connectivity index (χ0) is 16.8. The molecule has 2 aromatic carbocycles. The van der Waals surface area contributed by atoms with Crippen LogP contribution in [-0.2, 0) is 6.54 Å². The Morgan fingerprint density at radius 3 is 2.33 bits per heavy atom. The lowest BCUT2D eigenvalue weighted by molar-refractivity contribution is 0.0996. The smallest absolute Gasteiger partial charge is 0.291 e. The average Bonchev–Trinajstić information content (AvgIpc) is 3.16. The quantitative estimate of drug-likeness (QED) is 0.715. The molecule has 5 nitrogen and oxygen atoms in total. The molecule has 5 heteroatoms. The van der Waals surface area contributed by atoms with E-state index in [1.807, 2.05) is 48.5 Å².